The number of aromatic nitrogens is 1. The minimum atomic E-state index is -4.63. The Kier molecular flexibility index (Phi) is 8.43. The van der Waals surface area contributed by atoms with Gasteiger partial charge in [0.2, 0.25) is 0 Å². The van der Waals surface area contributed by atoms with E-state index < -0.39 is 19.8 Å². The Hall–Kier alpha value is -1.55. The van der Waals surface area contributed by atoms with Crippen molar-refractivity contribution in [2.45, 2.75) is 45.4 Å². The number of nitrogens with zero attached hydrogens (tertiary/aromatic N) is 1. The van der Waals surface area contributed by atoms with Crippen LogP contribution in [0.15, 0.2) is 6.20 Å². The lowest BCUT2D eigenvalue weighted by molar-refractivity contribution is -0.138. The van der Waals surface area contributed by atoms with Gasteiger partial charge in [-0.15, -0.1) is 0 Å². The summed E-state index contributed by atoms with van der Waals surface area (Å²) in [7, 11) is -4.63. The first kappa shape index (κ1) is 21.5. The first-order valence-electron chi connectivity index (χ1n) is 7.67. The summed E-state index contributed by atoms with van der Waals surface area (Å²) < 4.78 is 15.3. The summed E-state index contributed by atoms with van der Waals surface area (Å²) in [6.45, 7) is 2.04. The van der Waals surface area contributed by atoms with Crippen LogP contribution in [-0.2, 0) is 27.0 Å². The Balaban J connectivity index is 2.54. The van der Waals surface area contributed by atoms with Gasteiger partial charge in [0.05, 0.1) is 12.3 Å². The van der Waals surface area contributed by atoms with Crippen molar-refractivity contribution in [2.24, 2.45) is 5.73 Å². The Labute approximate surface area is 145 Å². The van der Waals surface area contributed by atoms with Gasteiger partial charge in [0.1, 0.15) is 11.8 Å². The van der Waals surface area contributed by atoms with Crippen molar-refractivity contribution in [3.05, 3.63) is 23.0 Å². The summed E-state index contributed by atoms with van der Waals surface area (Å²) in [6, 6.07) is -0.872. The van der Waals surface area contributed by atoms with E-state index in [-0.39, 0.29) is 18.9 Å². The number of aliphatic carboxylic acids is 1. The summed E-state index contributed by atoms with van der Waals surface area (Å²) in [5, 5.41) is 21.9. The smallest absolute Gasteiger partial charge is 0.469 e. The van der Waals surface area contributed by atoms with E-state index in [4.69, 9.17) is 20.6 Å². The highest BCUT2D eigenvalue weighted by molar-refractivity contribution is 7.46. The lowest BCUT2D eigenvalue weighted by atomic mass is 10.1. The molecule has 25 heavy (non-hydrogen) atoms. The number of phosphoric acid groups is 1. The van der Waals surface area contributed by atoms with E-state index in [2.05, 4.69) is 14.8 Å². The number of hydrogen-bond acceptors (Lipinski definition) is 7. The van der Waals surface area contributed by atoms with Crippen molar-refractivity contribution in [3.63, 3.8) is 0 Å². The molecule has 0 aromatic carbocycles. The van der Waals surface area contributed by atoms with Gasteiger partial charge in [-0.2, -0.15) is 0 Å². The zero-order valence-electron chi connectivity index (χ0n) is 13.9. The first-order chi connectivity index (χ1) is 11.6. The normalized spacial score (nSPS) is 13.0. The van der Waals surface area contributed by atoms with Gasteiger partial charge in [-0.3, -0.25) is 14.3 Å². The molecule has 142 valence electrons. The fourth-order valence-corrected chi connectivity index (χ4v) is 2.42. The zero-order valence-corrected chi connectivity index (χ0v) is 14.8. The summed E-state index contributed by atoms with van der Waals surface area (Å²) >= 11 is 0. The first-order valence-corrected chi connectivity index (χ1v) is 9.20. The van der Waals surface area contributed by atoms with E-state index in [9.17, 15) is 14.5 Å². The summed E-state index contributed by atoms with van der Waals surface area (Å²) in [5.74, 6) is -1.09. The van der Waals surface area contributed by atoms with Gasteiger partial charge in [-0.1, -0.05) is 6.42 Å². The average molecular weight is 377 g/mol. The van der Waals surface area contributed by atoms with Gasteiger partial charge in [-0.25, -0.2) is 4.57 Å². The van der Waals surface area contributed by atoms with Gasteiger partial charge in [0.25, 0.3) is 0 Å². The number of carboxylic acid groups (broad SMARTS) is 1. The highest BCUT2D eigenvalue weighted by Gasteiger charge is 2.18. The maximum atomic E-state index is 10.8. The highest BCUT2D eigenvalue weighted by atomic mass is 31.2. The van der Waals surface area contributed by atoms with Crippen LogP contribution >= 0.6 is 7.82 Å². The molecule has 1 aromatic heterocycles. The molecule has 0 aliphatic heterocycles. The summed E-state index contributed by atoms with van der Waals surface area (Å²) in [5.41, 5.74) is 6.62. The molecule has 1 aromatic rings. The molecule has 1 atom stereocenters. The molecular weight excluding hydrogens is 353 g/mol. The molecular formula is C14H24N3O7P. The molecule has 1 rings (SSSR count). The van der Waals surface area contributed by atoms with E-state index >= 15 is 0 Å². The molecule has 0 aliphatic carbocycles. The fraction of sp³-hybridized carbons (Fsp3) is 0.571. The van der Waals surface area contributed by atoms with Crippen molar-refractivity contribution in [3.8, 4) is 5.75 Å². The molecule has 1 heterocycles. The standard InChI is InChI=1S/C14H24N3O7P/c1-9-13(18)11(10(6-17-9)8-24-25(21,22)23)7-16-5-3-2-4-12(15)14(19)20/h6,12,16,18H,2-5,7-8,15H2,1H3,(H,19,20)(H2,21,22,23)/t12-/m0/s1. The number of nitrogens with one attached hydrogen (secondary N) is 1. The van der Waals surface area contributed by atoms with Crippen LogP contribution in [0.1, 0.15) is 36.1 Å². The van der Waals surface area contributed by atoms with Gasteiger partial charge in [0.15, 0.2) is 0 Å². The van der Waals surface area contributed by atoms with Crippen LogP contribution in [0.3, 0.4) is 0 Å². The Morgan fingerprint density at radius 2 is 2.12 bits per heavy atom. The number of carbonyl (C=O) groups is 1. The maximum absolute atomic E-state index is 10.8. The van der Waals surface area contributed by atoms with Crippen LogP contribution in [0.5, 0.6) is 5.75 Å². The maximum Gasteiger partial charge on any atom is 0.469 e. The van der Waals surface area contributed by atoms with Gasteiger partial charge in [-0.05, 0) is 26.3 Å². The molecule has 10 nitrogen and oxygen atoms in total. The third-order valence-corrected chi connectivity index (χ3v) is 4.02. The molecule has 0 unspecified atom stereocenters. The monoisotopic (exact) mass is 377 g/mol. The van der Waals surface area contributed by atoms with Crippen molar-refractivity contribution >= 4 is 13.8 Å². The highest BCUT2D eigenvalue weighted by Crippen LogP contribution is 2.38. The number of rotatable bonds is 11. The van der Waals surface area contributed by atoms with Gasteiger partial charge < -0.3 is 31.1 Å². The molecule has 0 spiro atoms. The molecule has 0 bridgehead atoms. The van der Waals surface area contributed by atoms with Crippen LogP contribution < -0.4 is 11.1 Å². The Morgan fingerprint density at radius 3 is 2.72 bits per heavy atom. The lowest BCUT2D eigenvalue weighted by Crippen LogP contribution is -2.30. The number of carboxylic acids is 1. The lowest BCUT2D eigenvalue weighted by Gasteiger charge is -2.14. The van der Waals surface area contributed by atoms with Crippen LogP contribution in [0.4, 0.5) is 0 Å². The number of phosphoric ester groups is 1. The van der Waals surface area contributed by atoms with E-state index in [1.807, 2.05) is 0 Å². The average Bonchev–Trinajstić information content (AvgIpc) is 2.52. The van der Waals surface area contributed by atoms with Crippen molar-refractivity contribution < 1.29 is 33.9 Å². The quantitative estimate of drug-likeness (QED) is 0.233. The molecule has 0 saturated heterocycles. The van der Waals surface area contributed by atoms with Crippen LogP contribution in [0, 0.1) is 6.92 Å². The largest absolute Gasteiger partial charge is 0.506 e. The number of aryl methyl sites for hydroxylation is 1. The van der Waals surface area contributed by atoms with Crippen molar-refractivity contribution in [1.82, 2.24) is 10.3 Å². The molecule has 0 saturated carbocycles. The van der Waals surface area contributed by atoms with E-state index in [0.717, 1.165) is 0 Å². The molecule has 0 aliphatic rings. The third-order valence-electron chi connectivity index (χ3n) is 3.56. The number of pyridine rings is 1. The van der Waals surface area contributed by atoms with Crippen LogP contribution in [0.2, 0.25) is 0 Å². The van der Waals surface area contributed by atoms with Crippen LogP contribution in [-0.4, -0.2) is 43.5 Å². The van der Waals surface area contributed by atoms with Gasteiger partial charge >= 0.3 is 13.8 Å². The second kappa shape index (κ2) is 9.81. The summed E-state index contributed by atoms with van der Waals surface area (Å²) in [6.07, 6.45) is 3.10. The third kappa shape index (κ3) is 7.91. The fourth-order valence-electron chi connectivity index (χ4n) is 2.11. The van der Waals surface area contributed by atoms with E-state index in [0.29, 0.717) is 42.6 Å². The molecule has 0 fully saturated rings. The number of nitrogens with two attached hydrogens (primary N) is 1. The van der Waals surface area contributed by atoms with Crippen molar-refractivity contribution in [2.75, 3.05) is 6.54 Å². The number of unbranched alkanes of at least 4 members (excludes halogenated alkanes) is 1. The van der Waals surface area contributed by atoms with Crippen LogP contribution in [0.25, 0.3) is 0 Å². The number of aromatic hydroxyl groups is 1. The Morgan fingerprint density at radius 1 is 1.44 bits per heavy atom. The molecule has 7 N–H and O–H groups in total. The SMILES string of the molecule is Cc1ncc(COP(=O)(O)O)c(CNCCCC[C@H](N)C(=O)O)c1O. The molecule has 0 amide bonds. The zero-order chi connectivity index (χ0) is 19.0. The number of hydrogen-bond donors (Lipinski definition) is 6. The van der Waals surface area contributed by atoms with Crippen molar-refractivity contribution in [1.29, 1.82) is 0 Å². The van der Waals surface area contributed by atoms with E-state index in [1.165, 1.54) is 6.20 Å². The minimum absolute atomic E-state index is 0.0628. The molecule has 11 heteroatoms. The predicted octanol–water partition coefficient (Wildman–Crippen LogP) is 0.377. The summed E-state index contributed by atoms with van der Waals surface area (Å²) in [4.78, 5) is 32.1. The second-order valence-corrected chi connectivity index (χ2v) is 6.82. The minimum Gasteiger partial charge on any atom is -0.506 e. The second-order valence-electron chi connectivity index (χ2n) is 5.58. The topological polar surface area (TPSA) is 175 Å². The predicted molar refractivity (Wildman–Crippen MR) is 88.6 cm³/mol. The Bertz CT molecular complexity index is 635. The van der Waals surface area contributed by atoms with Gasteiger partial charge in [0, 0.05) is 23.9 Å². The molecule has 0 radical (unpaired) electrons. The van der Waals surface area contributed by atoms with E-state index in [1.54, 1.807) is 6.92 Å².